The third-order valence-corrected chi connectivity index (χ3v) is 6.16. The van der Waals surface area contributed by atoms with E-state index in [0.717, 1.165) is 10.4 Å². The molecule has 0 aliphatic rings. The molecule has 9 heteroatoms. The van der Waals surface area contributed by atoms with E-state index in [9.17, 15) is 23.1 Å². The van der Waals surface area contributed by atoms with Crippen molar-refractivity contribution in [2.75, 3.05) is 10.8 Å². The smallest absolute Gasteiger partial charge is 0.337 e. The monoisotopic (exact) mass is 411 g/mol. The van der Waals surface area contributed by atoms with Crippen LogP contribution in [0.4, 0.5) is 5.69 Å². The van der Waals surface area contributed by atoms with Gasteiger partial charge in [0, 0.05) is 6.54 Å². The number of carboxylic acid groups (broad SMARTS) is 2. The van der Waals surface area contributed by atoms with Gasteiger partial charge in [-0.15, -0.1) is 0 Å². The fourth-order valence-corrected chi connectivity index (χ4v) is 4.52. The van der Waals surface area contributed by atoms with E-state index >= 15 is 0 Å². The summed E-state index contributed by atoms with van der Waals surface area (Å²) in [5.74, 6) is -2.57. The minimum atomic E-state index is -4.29. The van der Waals surface area contributed by atoms with Gasteiger partial charge in [0.1, 0.15) is 4.90 Å². The van der Waals surface area contributed by atoms with Crippen molar-refractivity contribution in [1.29, 1.82) is 0 Å². The Kier molecular flexibility index (Phi) is 6.45. The van der Waals surface area contributed by atoms with Crippen LogP contribution in [0.2, 0.25) is 5.02 Å². The Morgan fingerprint density at radius 3 is 2.33 bits per heavy atom. The van der Waals surface area contributed by atoms with E-state index in [4.69, 9.17) is 16.7 Å². The number of para-hydroxylation sites is 1. The van der Waals surface area contributed by atoms with Crippen LogP contribution in [0.1, 0.15) is 40.5 Å². The third-order valence-electron chi connectivity index (χ3n) is 3.86. The van der Waals surface area contributed by atoms with Gasteiger partial charge < -0.3 is 10.2 Å². The topological polar surface area (TPSA) is 112 Å². The zero-order valence-electron chi connectivity index (χ0n) is 14.4. The molecule has 0 radical (unpaired) electrons. The van der Waals surface area contributed by atoms with Crippen LogP contribution in [0, 0.1) is 0 Å². The Balaban J connectivity index is 2.69. The van der Waals surface area contributed by atoms with Gasteiger partial charge in [-0.1, -0.05) is 37.1 Å². The zero-order chi connectivity index (χ0) is 20.2. The number of halogens is 1. The quantitative estimate of drug-likeness (QED) is 0.684. The minimum absolute atomic E-state index is 0.00440. The van der Waals surface area contributed by atoms with E-state index in [1.807, 2.05) is 6.92 Å². The Bertz CT molecular complexity index is 974. The molecule has 0 saturated heterocycles. The van der Waals surface area contributed by atoms with Crippen LogP contribution < -0.4 is 4.31 Å². The standard InChI is InChI=1S/C18H18ClNO6S/c1-2-3-10-20(15-7-5-4-6-13(15)18(23)24)27(25,26)16-11-12(17(21)22)8-9-14(16)19/h4-9,11H,2-3,10H2,1H3,(H,21,22)(H,23,24). The Hall–Kier alpha value is -2.58. The van der Waals surface area contributed by atoms with Crippen LogP contribution in [0.5, 0.6) is 0 Å². The molecule has 0 amide bonds. The molecule has 2 N–H and O–H groups in total. The van der Waals surface area contributed by atoms with Gasteiger partial charge in [-0.2, -0.15) is 0 Å². The van der Waals surface area contributed by atoms with Crippen LogP contribution in [0.3, 0.4) is 0 Å². The molecule has 0 atom stereocenters. The fourth-order valence-electron chi connectivity index (χ4n) is 2.50. The number of benzene rings is 2. The molecule has 2 aromatic carbocycles. The summed E-state index contributed by atoms with van der Waals surface area (Å²) < 4.78 is 27.5. The molecular weight excluding hydrogens is 394 g/mol. The molecule has 144 valence electrons. The van der Waals surface area contributed by atoms with Crippen molar-refractivity contribution in [2.24, 2.45) is 0 Å². The first kappa shape index (κ1) is 20.7. The van der Waals surface area contributed by atoms with Crippen molar-refractivity contribution >= 4 is 39.3 Å². The van der Waals surface area contributed by atoms with Crippen LogP contribution in [-0.2, 0) is 10.0 Å². The van der Waals surface area contributed by atoms with Crippen molar-refractivity contribution in [3.05, 3.63) is 58.6 Å². The highest BCUT2D eigenvalue weighted by molar-refractivity contribution is 7.93. The van der Waals surface area contributed by atoms with Gasteiger partial charge in [0.05, 0.1) is 21.8 Å². The van der Waals surface area contributed by atoms with Crippen molar-refractivity contribution in [3.8, 4) is 0 Å². The summed E-state index contributed by atoms with van der Waals surface area (Å²) in [6.45, 7) is 1.89. The van der Waals surface area contributed by atoms with Gasteiger partial charge in [0.25, 0.3) is 10.0 Å². The second-order valence-corrected chi connectivity index (χ2v) is 7.94. The van der Waals surface area contributed by atoms with Gasteiger partial charge >= 0.3 is 11.9 Å². The van der Waals surface area contributed by atoms with E-state index < -0.39 is 22.0 Å². The third kappa shape index (κ3) is 4.40. The summed E-state index contributed by atoms with van der Waals surface area (Å²) in [6, 6.07) is 9.10. The number of carboxylic acids is 2. The van der Waals surface area contributed by atoms with E-state index in [1.165, 1.54) is 36.4 Å². The molecule has 27 heavy (non-hydrogen) atoms. The summed E-state index contributed by atoms with van der Waals surface area (Å²) >= 11 is 6.04. The molecule has 0 saturated carbocycles. The maximum Gasteiger partial charge on any atom is 0.337 e. The Morgan fingerprint density at radius 2 is 1.74 bits per heavy atom. The van der Waals surface area contributed by atoms with Gasteiger partial charge in [0.15, 0.2) is 0 Å². The predicted molar refractivity (Wildman–Crippen MR) is 101 cm³/mol. The number of rotatable bonds is 8. The first-order chi connectivity index (χ1) is 12.7. The lowest BCUT2D eigenvalue weighted by Crippen LogP contribution is -2.33. The number of carbonyl (C=O) groups is 2. The highest BCUT2D eigenvalue weighted by Crippen LogP contribution is 2.31. The van der Waals surface area contributed by atoms with Crippen LogP contribution in [-0.4, -0.2) is 37.1 Å². The first-order valence-corrected chi connectivity index (χ1v) is 9.89. The Labute approximate surface area is 161 Å². The van der Waals surface area contributed by atoms with E-state index in [0.29, 0.717) is 12.8 Å². The normalized spacial score (nSPS) is 11.2. The van der Waals surface area contributed by atoms with Crippen molar-refractivity contribution in [2.45, 2.75) is 24.7 Å². The fraction of sp³-hybridized carbons (Fsp3) is 0.222. The van der Waals surface area contributed by atoms with Crippen molar-refractivity contribution < 1.29 is 28.2 Å². The number of unbranched alkanes of at least 4 members (excludes halogenated alkanes) is 1. The van der Waals surface area contributed by atoms with E-state index in [-0.39, 0.29) is 33.3 Å². The summed E-state index contributed by atoms with van der Waals surface area (Å²) in [4.78, 5) is 22.4. The molecule has 0 unspecified atom stereocenters. The van der Waals surface area contributed by atoms with Gasteiger partial charge in [-0.3, -0.25) is 4.31 Å². The Morgan fingerprint density at radius 1 is 1.07 bits per heavy atom. The minimum Gasteiger partial charge on any atom is -0.478 e. The van der Waals surface area contributed by atoms with Crippen molar-refractivity contribution in [3.63, 3.8) is 0 Å². The van der Waals surface area contributed by atoms with Crippen LogP contribution in [0.25, 0.3) is 0 Å². The lowest BCUT2D eigenvalue weighted by Gasteiger charge is -2.26. The largest absolute Gasteiger partial charge is 0.478 e. The average Bonchev–Trinajstić information content (AvgIpc) is 2.62. The number of sulfonamides is 1. The summed E-state index contributed by atoms with van der Waals surface area (Å²) in [5, 5.41) is 18.4. The lowest BCUT2D eigenvalue weighted by atomic mass is 10.1. The molecule has 0 aliphatic heterocycles. The predicted octanol–water partition coefficient (Wildman–Crippen LogP) is 3.73. The average molecular weight is 412 g/mol. The number of aromatic carboxylic acids is 2. The second-order valence-electron chi connectivity index (χ2n) is 5.70. The molecule has 0 spiro atoms. The van der Waals surface area contributed by atoms with E-state index in [2.05, 4.69) is 0 Å². The molecule has 0 fully saturated rings. The number of anilines is 1. The van der Waals surface area contributed by atoms with Crippen molar-refractivity contribution in [1.82, 2.24) is 0 Å². The number of hydrogen-bond donors (Lipinski definition) is 2. The van der Waals surface area contributed by atoms with Crippen LogP contribution >= 0.6 is 11.6 Å². The van der Waals surface area contributed by atoms with Gasteiger partial charge in [0.2, 0.25) is 0 Å². The first-order valence-electron chi connectivity index (χ1n) is 8.08. The number of hydrogen-bond acceptors (Lipinski definition) is 4. The summed E-state index contributed by atoms with van der Waals surface area (Å²) in [6.07, 6.45) is 1.15. The number of nitrogens with zero attached hydrogens (tertiary/aromatic N) is 1. The van der Waals surface area contributed by atoms with E-state index in [1.54, 1.807) is 0 Å². The molecular formula is C18H18ClNO6S. The molecule has 0 bridgehead atoms. The maximum atomic E-state index is 13.3. The van der Waals surface area contributed by atoms with Crippen LogP contribution in [0.15, 0.2) is 47.4 Å². The second kappa shape index (κ2) is 8.41. The van der Waals surface area contributed by atoms with Gasteiger partial charge in [-0.25, -0.2) is 18.0 Å². The highest BCUT2D eigenvalue weighted by Gasteiger charge is 2.30. The summed E-state index contributed by atoms with van der Waals surface area (Å²) in [7, 11) is -4.29. The zero-order valence-corrected chi connectivity index (χ0v) is 16.0. The molecule has 2 rings (SSSR count). The molecule has 0 heterocycles. The molecule has 0 aromatic heterocycles. The molecule has 7 nitrogen and oxygen atoms in total. The SMILES string of the molecule is CCCCN(c1ccccc1C(=O)O)S(=O)(=O)c1cc(C(=O)O)ccc1Cl. The van der Waals surface area contributed by atoms with Gasteiger partial charge in [-0.05, 0) is 36.8 Å². The molecule has 0 aliphatic carbocycles. The highest BCUT2D eigenvalue weighted by atomic mass is 35.5. The lowest BCUT2D eigenvalue weighted by molar-refractivity contribution is 0.0686. The maximum absolute atomic E-state index is 13.3. The summed E-state index contributed by atoms with van der Waals surface area (Å²) in [5.41, 5.74) is -0.419. The molecule has 2 aromatic rings.